The molecule has 1 aliphatic heterocycles. The minimum absolute atomic E-state index is 0.0927. The molecule has 1 saturated heterocycles. The van der Waals surface area contributed by atoms with Gasteiger partial charge in [0, 0.05) is 12.7 Å². The lowest BCUT2D eigenvalue weighted by Gasteiger charge is -2.22. The second kappa shape index (κ2) is 5.01. The molecule has 1 amide bonds. The van der Waals surface area contributed by atoms with Crippen LogP contribution in [0.3, 0.4) is 0 Å². The minimum atomic E-state index is -3.94. The molecule has 0 aliphatic carbocycles. The first-order valence-electron chi connectivity index (χ1n) is 6.51. The standard InChI is InChI=1S/C12H15N5O3S/c13-10-12(17-7-2-1-5-9(17)15-10)21(19,20)16-8-4-3-6-14-11(8)18/h1-2,5,7-8,16H,3-4,6,13H2,(H,14,18). The Bertz CT molecular complexity index is 798. The molecule has 3 heterocycles. The van der Waals surface area contributed by atoms with Crippen LogP contribution in [0.5, 0.6) is 0 Å². The Labute approximate surface area is 121 Å². The van der Waals surface area contributed by atoms with Gasteiger partial charge < -0.3 is 11.1 Å². The van der Waals surface area contributed by atoms with Crippen molar-refractivity contribution in [3.05, 3.63) is 24.4 Å². The van der Waals surface area contributed by atoms with E-state index in [1.807, 2.05) is 0 Å². The summed E-state index contributed by atoms with van der Waals surface area (Å²) in [6, 6.07) is 4.29. The second-order valence-corrected chi connectivity index (χ2v) is 6.47. The van der Waals surface area contributed by atoms with E-state index in [9.17, 15) is 13.2 Å². The number of hydrogen-bond donors (Lipinski definition) is 3. The summed E-state index contributed by atoms with van der Waals surface area (Å²) in [6.07, 6.45) is 2.75. The quantitative estimate of drug-likeness (QED) is 0.704. The lowest BCUT2D eigenvalue weighted by atomic mass is 10.1. The van der Waals surface area contributed by atoms with Crippen molar-refractivity contribution >= 4 is 27.4 Å². The minimum Gasteiger partial charge on any atom is -0.381 e. The van der Waals surface area contributed by atoms with Gasteiger partial charge in [-0.2, -0.15) is 4.72 Å². The Morgan fingerprint density at radius 3 is 3.00 bits per heavy atom. The van der Waals surface area contributed by atoms with Gasteiger partial charge in [-0.1, -0.05) is 6.07 Å². The number of sulfonamides is 1. The molecule has 112 valence electrons. The first kappa shape index (κ1) is 13.8. The topological polar surface area (TPSA) is 119 Å². The fourth-order valence-electron chi connectivity index (χ4n) is 2.39. The van der Waals surface area contributed by atoms with Crippen molar-refractivity contribution in [3.8, 4) is 0 Å². The van der Waals surface area contributed by atoms with Gasteiger partial charge in [-0.05, 0) is 25.0 Å². The number of aromatic nitrogens is 2. The van der Waals surface area contributed by atoms with Gasteiger partial charge in [0.1, 0.15) is 11.7 Å². The predicted molar refractivity (Wildman–Crippen MR) is 76.0 cm³/mol. The van der Waals surface area contributed by atoms with E-state index >= 15 is 0 Å². The van der Waals surface area contributed by atoms with Crippen molar-refractivity contribution in [2.24, 2.45) is 0 Å². The van der Waals surface area contributed by atoms with Crippen molar-refractivity contribution in [3.63, 3.8) is 0 Å². The van der Waals surface area contributed by atoms with Gasteiger partial charge in [0.25, 0.3) is 10.0 Å². The Kier molecular flexibility index (Phi) is 3.30. The van der Waals surface area contributed by atoms with Gasteiger partial charge in [0.2, 0.25) is 5.91 Å². The van der Waals surface area contributed by atoms with Crippen LogP contribution in [0.15, 0.2) is 29.4 Å². The number of piperidine rings is 1. The molecule has 0 spiro atoms. The molecule has 0 aromatic carbocycles. The molecule has 21 heavy (non-hydrogen) atoms. The normalized spacial score (nSPS) is 19.6. The van der Waals surface area contributed by atoms with Crippen molar-refractivity contribution in [2.75, 3.05) is 12.3 Å². The average Bonchev–Trinajstić information content (AvgIpc) is 2.77. The molecule has 4 N–H and O–H groups in total. The van der Waals surface area contributed by atoms with E-state index in [0.717, 1.165) is 6.42 Å². The fourth-order valence-corrected chi connectivity index (χ4v) is 3.83. The van der Waals surface area contributed by atoms with Gasteiger partial charge in [-0.3, -0.25) is 9.20 Å². The Balaban J connectivity index is 2.00. The molecule has 2 aromatic rings. The van der Waals surface area contributed by atoms with Gasteiger partial charge in [0.15, 0.2) is 10.8 Å². The molecule has 1 atom stereocenters. The third kappa shape index (κ3) is 2.45. The van der Waals surface area contributed by atoms with Crippen LogP contribution in [0.1, 0.15) is 12.8 Å². The molecule has 0 radical (unpaired) electrons. The lowest BCUT2D eigenvalue weighted by Crippen LogP contribution is -2.50. The number of nitrogens with one attached hydrogen (secondary N) is 2. The number of carbonyl (C=O) groups is 1. The molecule has 0 bridgehead atoms. The molecular weight excluding hydrogens is 294 g/mol. The van der Waals surface area contributed by atoms with Crippen LogP contribution in [0, 0.1) is 0 Å². The summed E-state index contributed by atoms with van der Waals surface area (Å²) in [4.78, 5) is 15.7. The number of anilines is 1. The number of nitrogens with two attached hydrogens (primary N) is 1. The Hall–Kier alpha value is -2.13. The van der Waals surface area contributed by atoms with Crippen LogP contribution >= 0.6 is 0 Å². The lowest BCUT2D eigenvalue weighted by molar-refractivity contribution is -0.124. The van der Waals surface area contributed by atoms with Gasteiger partial charge in [0.05, 0.1) is 0 Å². The summed E-state index contributed by atoms with van der Waals surface area (Å²) in [5.41, 5.74) is 6.16. The van der Waals surface area contributed by atoms with Crippen molar-refractivity contribution in [1.29, 1.82) is 0 Å². The van der Waals surface area contributed by atoms with Crippen molar-refractivity contribution in [1.82, 2.24) is 19.4 Å². The number of nitrogen functional groups attached to an aromatic ring is 1. The highest BCUT2D eigenvalue weighted by Gasteiger charge is 2.31. The summed E-state index contributed by atoms with van der Waals surface area (Å²) in [5.74, 6) is -0.415. The summed E-state index contributed by atoms with van der Waals surface area (Å²) < 4.78 is 28.8. The monoisotopic (exact) mass is 309 g/mol. The highest BCUT2D eigenvalue weighted by molar-refractivity contribution is 7.89. The SMILES string of the molecule is Nc1nc2ccccn2c1S(=O)(=O)NC1CCCNC1=O. The molecule has 0 saturated carbocycles. The fraction of sp³-hybridized carbons (Fsp3) is 0.333. The summed E-state index contributed by atoms with van der Waals surface area (Å²) in [6.45, 7) is 0.564. The zero-order chi connectivity index (χ0) is 15.0. The Morgan fingerprint density at radius 2 is 2.24 bits per heavy atom. The average molecular weight is 309 g/mol. The zero-order valence-electron chi connectivity index (χ0n) is 11.1. The molecule has 2 aromatic heterocycles. The maximum Gasteiger partial charge on any atom is 0.261 e. The highest BCUT2D eigenvalue weighted by atomic mass is 32.2. The van der Waals surface area contributed by atoms with Crippen LogP contribution in [0.25, 0.3) is 5.65 Å². The van der Waals surface area contributed by atoms with E-state index in [-0.39, 0.29) is 16.8 Å². The molecular formula is C12H15N5O3S. The zero-order valence-corrected chi connectivity index (χ0v) is 11.9. The van der Waals surface area contributed by atoms with Crippen LogP contribution in [0.4, 0.5) is 5.82 Å². The molecule has 3 rings (SSSR count). The number of amides is 1. The number of hydrogen-bond acceptors (Lipinski definition) is 5. The maximum atomic E-state index is 12.5. The van der Waals surface area contributed by atoms with E-state index in [2.05, 4.69) is 15.0 Å². The Morgan fingerprint density at radius 1 is 1.43 bits per heavy atom. The number of fused-ring (bicyclic) bond motifs is 1. The van der Waals surface area contributed by atoms with E-state index in [4.69, 9.17) is 5.73 Å². The van der Waals surface area contributed by atoms with Crippen molar-refractivity contribution in [2.45, 2.75) is 23.9 Å². The highest BCUT2D eigenvalue weighted by Crippen LogP contribution is 2.20. The largest absolute Gasteiger partial charge is 0.381 e. The number of imidazole rings is 1. The van der Waals surface area contributed by atoms with E-state index in [0.29, 0.717) is 18.6 Å². The predicted octanol–water partition coefficient (Wildman–Crippen LogP) is -0.527. The first-order chi connectivity index (χ1) is 9.99. The molecule has 8 nitrogen and oxygen atoms in total. The number of rotatable bonds is 3. The number of carbonyl (C=O) groups excluding carboxylic acids is 1. The third-order valence-electron chi connectivity index (χ3n) is 3.35. The van der Waals surface area contributed by atoms with Crippen molar-refractivity contribution < 1.29 is 13.2 Å². The van der Waals surface area contributed by atoms with Crippen LogP contribution in [-0.2, 0) is 14.8 Å². The van der Waals surface area contributed by atoms with E-state index in [1.54, 1.807) is 24.4 Å². The van der Waals surface area contributed by atoms with Gasteiger partial charge in [-0.25, -0.2) is 13.4 Å². The molecule has 1 fully saturated rings. The van der Waals surface area contributed by atoms with Crippen LogP contribution in [0.2, 0.25) is 0 Å². The van der Waals surface area contributed by atoms with Gasteiger partial charge >= 0.3 is 0 Å². The second-order valence-electron chi connectivity index (χ2n) is 4.84. The van der Waals surface area contributed by atoms with E-state index in [1.165, 1.54) is 4.40 Å². The molecule has 9 heteroatoms. The smallest absolute Gasteiger partial charge is 0.261 e. The molecule has 1 aliphatic rings. The molecule has 1 unspecified atom stereocenters. The number of nitrogens with zero attached hydrogens (tertiary/aromatic N) is 2. The summed E-state index contributed by atoms with van der Waals surface area (Å²) in [5, 5.41) is 2.49. The van der Waals surface area contributed by atoms with E-state index < -0.39 is 16.1 Å². The summed E-state index contributed by atoms with van der Waals surface area (Å²) in [7, 11) is -3.94. The number of pyridine rings is 1. The maximum absolute atomic E-state index is 12.5. The van der Waals surface area contributed by atoms with Crippen LogP contribution in [-0.4, -0.2) is 36.3 Å². The summed E-state index contributed by atoms with van der Waals surface area (Å²) >= 11 is 0. The third-order valence-corrected chi connectivity index (χ3v) is 4.86. The van der Waals surface area contributed by atoms with Crippen LogP contribution < -0.4 is 15.8 Å². The van der Waals surface area contributed by atoms with Gasteiger partial charge in [-0.15, -0.1) is 0 Å². The first-order valence-corrected chi connectivity index (χ1v) is 8.00.